The Morgan fingerprint density at radius 1 is 1.15 bits per heavy atom. The van der Waals surface area contributed by atoms with Gasteiger partial charge in [0.25, 0.3) is 0 Å². The lowest BCUT2D eigenvalue weighted by atomic mass is 10.1. The molecule has 3 rings (SSSR count). The normalized spacial score (nSPS) is 16.5. The van der Waals surface area contributed by atoms with Gasteiger partial charge in [-0.25, -0.2) is 9.48 Å². The zero-order valence-electron chi connectivity index (χ0n) is 15.1. The summed E-state index contributed by atoms with van der Waals surface area (Å²) in [5.74, 6) is -1.17. The van der Waals surface area contributed by atoms with E-state index in [2.05, 4.69) is 29.1 Å². The topological polar surface area (TPSA) is 78.7 Å². The number of aromatic carboxylic acids is 1. The number of carbonyl (C=O) groups excluding carboxylic acids is 1. The zero-order chi connectivity index (χ0) is 18.7. The Kier molecular flexibility index (Phi) is 5.37. The monoisotopic (exact) mass is 356 g/mol. The van der Waals surface area contributed by atoms with E-state index in [0.29, 0.717) is 13.1 Å². The van der Waals surface area contributed by atoms with Crippen molar-refractivity contribution in [2.75, 3.05) is 26.2 Å². The van der Waals surface area contributed by atoms with Crippen LogP contribution < -0.4 is 0 Å². The molecule has 0 aliphatic carbocycles. The van der Waals surface area contributed by atoms with E-state index < -0.39 is 12.0 Å². The number of rotatable bonds is 5. The van der Waals surface area contributed by atoms with Crippen LogP contribution >= 0.6 is 0 Å². The molecule has 2 heterocycles. The molecule has 7 heteroatoms. The number of piperazine rings is 1. The summed E-state index contributed by atoms with van der Waals surface area (Å²) >= 11 is 0. The fourth-order valence-electron chi connectivity index (χ4n) is 3.32. The van der Waals surface area contributed by atoms with E-state index in [1.54, 1.807) is 11.8 Å². The lowest BCUT2D eigenvalue weighted by Gasteiger charge is -2.36. The molecule has 1 aromatic carbocycles. The standard InChI is InChI=1S/C19H24N4O3/c1-14-5-3-4-6-16(14)13-21-9-11-22(12-10-21)18(24)15(2)23-17(19(25)26)7-8-20-23/h3-8,15H,9-13H2,1-2H3,(H,25,26). The molecule has 26 heavy (non-hydrogen) atoms. The highest BCUT2D eigenvalue weighted by Gasteiger charge is 2.28. The summed E-state index contributed by atoms with van der Waals surface area (Å²) in [7, 11) is 0. The van der Waals surface area contributed by atoms with Crippen LogP contribution in [-0.2, 0) is 11.3 Å². The summed E-state index contributed by atoms with van der Waals surface area (Å²) in [6, 6.07) is 9.12. The fourth-order valence-corrected chi connectivity index (χ4v) is 3.32. The van der Waals surface area contributed by atoms with Crippen molar-refractivity contribution in [3.63, 3.8) is 0 Å². The van der Waals surface area contributed by atoms with Crippen LogP contribution in [0.4, 0.5) is 0 Å². The van der Waals surface area contributed by atoms with E-state index in [9.17, 15) is 14.7 Å². The molecule has 1 aliphatic rings. The number of hydrogen-bond donors (Lipinski definition) is 1. The molecule has 1 fully saturated rings. The van der Waals surface area contributed by atoms with E-state index in [1.165, 1.54) is 28.1 Å². The molecular weight excluding hydrogens is 332 g/mol. The van der Waals surface area contributed by atoms with Crippen molar-refractivity contribution in [1.82, 2.24) is 19.6 Å². The van der Waals surface area contributed by atoms with Crippen LogP contribution in [0, 0.1) is 6.92 Å². The van der Waals surface area contributed by atoms with E-state index >= 15 is 0 Å². The molecule has 0 spiro atoms. The van der Waals surface area contributed by atoms with Gasteiger partial charge in [-0.1, -0.05) is 24.3 Å². The van der Waals surface area contributed by atoms with E-state index in [4.69, 9.17) is 0 Å². The maximum Gasteiger partial charge on any atom is 0.354 e. The summed E-state index contributed by atoms with van der Waals surface area (Å²) < 4.78 is 1.28. The molecule has 138 valence electrons. The number of benzene rings is 1. The first-order valence-electron chi connectivity index (χ1n) is 8.80. The van der Waals surface area contributed by atoms with E-state index in [1.807, 2.05) is 12.1 Å². The number of carbonyl (C=O) groups is 2. The number of nitrogens with zero attached hydrogens (tertiary/aromatic N) is 4. The van der Waals surface area contributed by atoms with Crippen LogP contribution in [0.2, 0.25) is 0 Å². The van der Waals surface area contributed by atoms with Gasteiger partial charge in [-0.15, -0.1) is 0 Å². The Hall–Kier alpha value is -2.67. The zero-order valence-corrected chi connectivity index (χ0v) is 15.1. The maximum absolute atomic E-state index is 12.7. The van der Waals surface area contributed by atoms with Crippen molar-refractivity contribution in [2.45, 2.75) is 26.4 Å². The number of amides is 1. The van der Waals surface area contributed by atoms with Gasteiger partial charge in [0, 0.05) is 38.9 Å². The van der Waals surface area contributed by atoms with Gasteiger partial charge in [0.15, 0.2) is 0 Å². The maximum atomic E-state index is 12.7. The summed E-state index contributed by atoms with van der Waals surface area (Å²) in [4.78, 5) is 28.1. The number of aryl methyl sites for hydroxylation is 1. The van der Waals surface area contributed by atoms with Gasteiger partial charge in [-0.3, -0.25) is 9.69 Å². The molecule has 0 bridgehead atoms. The molecular formula is C19H24N4O3. The third kappa shape index (κ3) is 3.77. The van der Waals surface area contributed by atoms with Gasteiger partial charge >= 0.3 is 5.97 Å². The minimum absolute atomic E-state index is 0.0315. The predicted octanol–water partition coefficient (Wildman–Crippen LogP) is 1.80. The lowest BCUT2D eigenvalue weighted by molar-refractivity contribution is -0.136. The van der Waals surface area contributed by atoms with Gasteiger partial charge in [0.05, 0.1) is 0 Å². The highest BCUT2D eigenvalue weighted by Crippen LogP contribution is 2.16. The Morgan fingerprint density at radius 2 is 1.85 bits per heavy atom. The minimum atomic E-state index is -1.08. The number of hydrogen-bond acceptors (Lipinski definition) is 4. The van der Waals surface area contributed by atoms with Crippen LogP contribution in [0.3, 0.4) is 0 Å². The molecule has 2 aromatic rings. The second kappa shape index (κ2) is 7.70. The van der Waals surface area contributed by atoms with Gasteiger partial charge in [0.1, 0.15) is 11.7 Å². The Balaban J connectivity index is 1.59. The van der Waals surface area contributed by atoms with Crippen LogP contribution in [-0.4, -0.2) is 62.7 Å². The molecule has 1 aromatic heterocycles. The van der Waals surface area contributed by atoms with Crippen molar-refractivity contribution < 1.29 is 14.7 Å². The largest absolute Gasteiger partial charge is 0.477 e. The van der Waals surface area contributed by atoms with E-state index in [-0.39, 0.29) is 11.6 Å². The van der Waals surface area contributed by atoms with Crippen molar-refractivity contribution in [3.8, 4) is 0 Å². The second-order valence-corrected chi connectivity index (χ2v) is 6.67. The molecule has 7 nitrogen and oxygen atoms in total. The fraction of sp³-hybridized carbons (Fsp3) is 0.421. The van der Waals surface area contributed by atoms with Crippen LogP contribution in [0.5, 0.6) is 0 Å². The van der Waals surface area contributed by atoms with Crippen molar-refractivity contribution in [3.05, 3.63) is 53.3 Å². The first kappa shape index (κ1) is 18.1. The van der Waals surface area contributed by atoms with Crippen molar-refractivity contribution >= 4 is 11.9 Å². The van der Waals surface area contributed by atoms with Crippen LogP contribution in [0.1, 0.15) is 34.6 Å². The highest BCUT2D eigenvalue weighted by molar-refractivity contribution is 5.87. The molecule has 1 amide bonds. The first-order valence-corrected chi connectivity index (χ1v) is 8.80. The first-order chi connectivity index (χ1) is 12.5. The van der Waals surface area contributed by atoms with Crippen molar-refractivity contribution in [1.29, 1.82) is 0 Å². The van der Waals surface area contributed by atoms with E-state index in [0.717, 1.165) is 19.6 Å². The summed E-state index contributed by atoms with van der Waals surface area (Å²) in [6.07, 6.45) is 1.41. The molecule has 1 unspecified atom stereocenters. The summed E-state index contributed by atoms with van der Waals surface area (Å²) in [5, 5.41) is 13.2. The number of carboxylic acid groups (broad SMARTS) is 1. The van der Waals surface area contributed by atoms with Gasteiger partial charge in [-0.2, -0.15) is 5.10 Å². The van der Waals surface area contributed by atoms with Gasteiger partial charge in [0.2, 0.25) is 5.91 Å². The predicted molar refractivity (Wildman–Crippen MR) is 96.9 cm³/mol. The van der Waals surface area contributed by atoms with Gasteiger partial charge < -0.3 is 10.0 Å². The minimum Gasteiger partial charge on any atom is -0.477 e. The van der Waals surface area contributed by atoms with Crippen molar-refractivity contribution in [2.24, 2.45) is 0 Å². The molecule has 1 saturated heterocycles. The third-order valence-corrected chi connectivity index (χ3v) is 4.95. The number of aromatic nitrogens is 2. The quantitative estimate of drug-likeness (QED) is 0.884. The Labute approximate surface area is 152 Å². The third-order valence-electron chi connectivity index (χ3n) is 4.95. The smallest absolute Gasteiger partial charge is 0.354 e. The van der Waals surface area contributed by atoms with Crippen LogP contribution in [0.15, 0.2) is 36.5 Å². The summed E-state index contributed by atoms with van der Waals surface area (Å²) in [5.41, 5.74) is 2.62. The Morgan fingerprint density at radius 3 is 2.50 bits per heavy atom. The molecule has 0 radical (unpaired) electrons. The Bertz CT molecular complexity index is 794. The lowest BCUT2D eigenvalue weighted by Crippen LogP contribution is -2.50. The average Bonchev–Trinajstić information content (AvgIpc) is 3.13. The highest BCUT2D eigenvalue weighted by atomic mass is 16.4. The summed E-state index contributed by atoms with van der Waals surface area (Å²) in [6.45, 7) is 7.57. The number of carboxylic acids is 1. The molecule has 1 N–H and O–H groups in total. The second-order valence-electron chi connectivity index (χ2n) is 6.67. The average molecular weight is 356 g/mol. The molecule has 1 atom stereocenters. The van der Waals surface area contributed by atoms with Gasteiger partial charge in [-0.05, 0) is 31.0 Å². The molecule has 0 saturated carbocycles. The van der Waals surface area contributed by atoms with Crippen LogP contribution in [0.25, 0.3) is 0 Å². The molecule has 1 aliphatic heterocycles. The SMILES string of the molecule is Cc1ccccc1CN1CCN(C(=O)C(C)n2nccc2C(=O)O)CC1.